The fraction of sp³-hybridized carbons (Fsp3) is 0.0833. The molecule has 1 N–H and O–H groups in total. The predicted molar refractivity (Wildman–Crippen MR) is 58.3 cm³/mol. The molecular formula is C12H11NO2. The lowest BCUT2D eigenvalue weighted by molar-refractivity contribution is 0.321. The van der Waals surface area contributed by atoms with Crippen LogP contribution in [0.2, 0.25) is 0 Å². The Kier molecular flexibility index (Phi) is 2.54. The van der Waals surface area contributed by atoms with E-state index in [1.54, 1.807) is 6.07 Å². The summed E-state index contributed by atoms with van der Waals surface area (Å²) in [4.78, 5) is 0. The van der Waals surface area contributed by atoms with Gasteiger partial charge >= 0.3 is 0 Å². The third kappa shape index (κ3) is 1.91. The molecule has 2 aromatic rings. The molecule has 0 amide bonds. The zero-order valence-electron chi connectivity index (χ0n) is 8.34. The number of aryl methyl sites for hydroxylation is 1. The van der Waals surface area contributed by atoms with Crippen LogP contribution in [0.5, 0.6) is 0 Å². The first-order valence-corrected chi connectivity index (χ1v) is 4.64. The van der Waals surface area contributed by atoms with E-state index >= 15 is 0 Å². The van der Waals surface area contributed by atoms with E-state index in [-0.39, 0.29) is 0 Å². The summed E-state index contributed by atoms with van der Waals surface area (Å²) in [5, 5.41) is 11.3. The van der Waals surface area contributed by atoms with Gasteiger partial charge in [0, 0.05) is 5.56 Å². The Hall–Kier alpha value is -2.03. The van der Waals surface area contributed by atoms with E-state index in [2.05, 4.69) is 5.16 Å². The van der Waals surface area contributed by atoms with E-state index < -0.39 is 0 Å². The van der Waals surface area contributed by atoms with E-state index in [0.29, 0.717) is 5.76 Å². The highest BCUT2D eigenvalue weighted by Crippen LogP contribution is 2.24. The van der Waals surface area contributed by atoms with Crippen LogP contribution in [-0.2, 0) is 0 Å². The quantitative estimate of drug-likeness (QED) is 0.461. The molecular weight excluding hydrogens is 190 g/mol. The van der Waals surface area contributed by atoms with Gasteiger partial charge in [-0.25, -0.2) is 0 Å². The second-order valence-corrected chi connectivity index (χ2v) is 3.26. The van der Waals surface area contributed by atoms with Gasteiger partial charge in [-0.1, -0.05) is 29.4 Å². The number of furan rings is 1. The molecule has 2 rings (SSSR count). The highest BCUT2D eigenvalue weighted by Gasteiger charge is 2.05. The highest BCUT2D eigenvalue weighted by atomic mass is 16.4. The second kappa shape index (κ2) is 4.00. The Bertz CT molecular complexity index is 486. The monoisotopic (exact) mass is 201 g/mol. The van der Waals surface area contributed by atoms with Gasteiger partial charge in [-0.2, -0.15) is 0 Å². The summed E-state index contributed by atoms with van der Waals surface area (Å²) in [5.74, 6) is 1.32. The Balaban J connectivity index is 2.42. The molecule has 0 spiro atoms. The van der Waals surface area contributed by atoms with Crippen molar-refractivity contribution >= 4 is 6.21 Å². The van der Waals surface area contributed by atoms with Gasteiger partial charge in [0.05, 0.1) is 0 Å². The minimum absolute atomic E-state index is 0.538. The molecule has 1 heterocycles. The predicted octanol–water partition coefficient (Wildman–Crippen LogP) is 3.06. The zero-order chi connectivity index (χ0) is 10.7. The molecule has 3 nitrogen and oxygen atoms in total. The van der Waals surface area contributed by atoms with Crippen LogP contribution >= 0.6 is 0 Å². The van der Waals surface area contributed by atoms with E-state index in [0.717, 1.165) is 16.9 Å². The summed E-state index contributed by atoms with van der Waals surface area (Å²) in [6.07, 6.45) is 1.27. The van der Waals surface area contributed by atoms with Gasteiger partial charge in [0.25, 0.3) is 0 Å². The van der Waals surface area contributed by atoms with Crippen molar-refractivity contribution in [2.45, 2.75) is 6.92 Å². The first kappa shape index (κ1) is 9.52. The smallest absolute Gasteiger partial charge is 0.149 e. The van der Waals surface area contributed by atoms with E-state index in [9.17, 15) is 0 Å². The van der Waals surface area contributed by atoms with Crippen LogP contribution in [0.4, 0.5) is 0 Å². The summed E-state index contributed by atoms with van der Waals surface area (Å²) >= 11 is 0. The summed E-state index contributed by atoms with van der Waals surface area (Å²) in [6.45, 7) is 2.03. The normalized spacial score (nSPS) is 11.0. The molecule has 0 aliphatic carbocycles. The highest BCUT2D eigenvalue weighted by molar-refractivity contribution is 5.77. The van der Waals surface area contributed by atoms with Crippen molar-refractivity contribution in [2.24, 2.45) is 5.16 Å². The Morgan fingerprint density at radius 3 is 2.73 bits per heavy atom. The molecule has 1 aromatic carbocycles. The van der Waals surface area contributed by atoms with Gasteiger partial charge in [0.15, 0.2) is 0 Å². The van der Waals surface area contributed by atoms with Gasteiger partial charge in [-0.05, 0) is 24.6 Å². The minimum Gasteiger partial charge on any atom is -0.455 e. The Morgan fingerprint density at radius 2 is 2.00 bits per heavy atom. The largest absolute Gasteiger partial charge is 0.455 e. The molecule has 15 heavy (non-hydrogen) atoms. The minimum atomic E-state index is 0.538. The lowest BCUT2D eigenvalue weighted by atomic mass is 10.1. The van der Waals surface area contributed by atoms with Crippen molar-refractivity contribution in [3.8, 4) is 11.3 Å². The molecule has 0 saturated heterocycles. The van der Waals surface area contributed by atoms with E-state index in [4.69, 9.17) is 9.62 Å². The molecule has 0 saturated carbocycles. The van der Waals surface area contributed by atoms with Crippen molar-refractivity contribution < 1.29 is 9.62 Å². The summed E-state index contributed by atoms with van der Waals surface area (Å²) in [5.41, 5.74) is 2.20. The van der Waals surface area contributed by atoms with Crippen molar-refractivity contribution in [2.75, 3.05) is 0 Å². The van der Waals surface area contributed by atoms with Gasteiger partial charge < -0.3 is 9.62 Å². The average molecular weight is 201 g/mol. The second-order valence-electron chi connectivity index (χ2n) is 3.26. The maximum absolute atomic E-state index is 8.36. The number of hydrogen-bond acceptors (Lipinski definition) is 3. The topological polar surface area (TPSA) is 45.7 Å². The van der Waals surface area contributed by atoms with Gasteiger partial charge in [0.1, 0.15) is 17.7 Å². The molecule has 1 aromatic heterocycles. The fourth-order valence-corrected chi connectivity index (χ4v) is 1.47. The van der Waals surface area contributed by atoms with Gasteiger partial charge in [0.2, 0.25) is 0 Å². The van der Waals surface area contributed by atoms with Crippen molar-refractivity contribution in [1.29, 1.82) is 0 Å². The van der Waals surface area contributed by atoms with Crippen LogP contribution in [-0.4, -0.2) is 11.4 Å². The average Bonchev–Trinajstić information content (AvgIpc) is 2.68. The van der Waals surface area contributed by atoms with Gasteiger partial charge in [-0.15, -0.1) is 0 Å². The van der Waals surface area contributed by atoms with Crippen LogP contribution in [0.3, 0.4) is 0 Å². The molecule has 0 radical (unpaired) electrons. The molecule has 0 atom stereocenters. The standard InChI is InChI=1S/C12H11NO2/c1-9-4-2-3-5-11(9)12-7-6-10(15-12)8-13-14/h2-8,14H,1H3/b13-8+. The number of hydrogen-bond donors (Lipinski definition) is 1. The van der Waals surface area contributed by atoms with E-state index in [1.807, 2.05) is 37.3 Å². The molecule has 0 bridgehead atoms. The number of benzene rings is 1. The van der Waals surface area contributed by atoms with Crippen LogP contribution in [0, 0.1) is 6.92 Å². The first-order chi connectivity index (χ1) is 7.31. The van der Waals surface area contributed by atoms with Crippen LogP contribution in [0.15, 0.2) is 46.0 Å². The first-order valence-electron chi connectivity index (χ1n) is 4.64. The van der Waals surface area contributed by atoms with Crippen LogP contribution in [0.1, 0.15) is 11.3 Å². The van der Waals surface area contributed by atoms with Crippen molar-refractivity contribution in [3.05, 3.63) is 47.7 Å². The van der Waals surface area contributed by atoms with Crippen molar-refractivity contribution in [1.82, 2.24) is 0 Å². The molecule has 76 valence electrons. The van der Waals surface area contributed by atoms with Crippen LogP contribution < -0.4 is 0 Å². The zero-order valence-corrected chi connectivity index (χ0v) is 8.34. The Morgan fingerprint density at radius 1 is 1.20 bits per heavy atom. The number of rotatable bonds is 2. The molecule has 0 fully saturated rings. The Labute approximate surface area is 87.7 Å². The number of nitrogens with zero attached hydrogens (tertiary/aromatic N) is 1. The lowest BCUT2D eigenvalue weighted by Gasteiger charge is -2.00. The molecule has 0 aliphatic heterocycles. The number of oxime groups is 1. The molecule has 0 aliphatic rings. The lowest BCUT2D eigenvalue weighted by Crippen LogP contribution is -1.79. The third-order valence-corrected chi connectivity index (χ3v) is 2.22. The molecule has 3 heteroatoms. The molecule has 0 unspecified atom stereocenters. The summed E-state index contributed by atoms with van der Waals surface area (Å²) < 4.78 is 5.48. The maximum atomic E-state index is 8.36. The third-order valence-electron chi connectivity index (χ3n) is 2.22. The van der Waals surface area contributed by atoms with Crippen molar-refractivity contribution in [3.63, 3.8) is 0 Å². The van der Waals surface area contributed by atoms with Crippen LogP contribution in [0.25, 0.3) is 11.3 Å². The maximum Gasteiger partial charge on any atom is 0.149 e. The SMILES string of the molecule is Cc1ccccc1-c1ccc(/C=N/O)o1. The fourth-order valence-electron chi connectivity index (χ4n) is 1.47. The van der Waals surface area contributed by atoms with E-state index in [1.165, 1.54) is 6.21 Å². The summed E-state index contributed by atoms with van der Waals surface area (Å²) in [6, 6.07) is 11.6. The van der Waals surface area contributed by atoms with Gasteiger partial charge in [-0.3, -0.25) is 0 Å². The summed E-state index contributed by atoms with van der Waals surface area (Å²) in [7, 11) is 0.